The predicted molar refractivity (Wildman–Crippen MR) is 217 cm³/mol. The van der Waals surface area contributed by atoms with Crippen LogP contribution in [0.25, 0.3) is 55.0 Å². The van der Waals surface area contributed by atoms with Gasteiger partial charge in [0.25, 0.3) is 0 Å². The lowest BCUT2D eigenvalue weighted by molar-refractivity contribution is 0.133. The van der Waals surface area contributed by atoms with E-state index in [1.807, 2.05) is 42.5 Å². The van der Waals surface area contributed by atoms with Crippen molar-refractivity contribution in [1.29, 1.82) is 0 Å². The average molecular weight is 701 g/mol. The highest BCUT2D eigenvalue weighted by Gasteiger charge is 2.23. The summed E-state index contributed by atoms with van der Waals surface area (Å²) < 4.78 is 26.1. The quantitative estimate of drug-likeness (QED) is 0.146. The fourth-order valence-corrected chi connectivity index (χ4v) is 7.21. The van der Waals surface area contributed by atoms with Gasteiger partial charge in [0.05, 0.1) is 25.3 Å². The summed E-state index contributed by atoms with van der Waals surface area (Å²) in [6, 6.07) is 44.1. The first-order chi connectivity index (χ1) is 25.8. The van der Waals surface area contributed by atoms with Crippen molar-refractivity contribution < 1.29 is 18.9 Å². The van der Waals surface area contributed by atoms with Crippen LogP contribution in [0.15, 0.2) is 134 Å². The van der Waals surface area contributed by atoms with Gasteiger partial charge in [-0.2, -0.15) is 0 Å². The fourth-order valence-electron chi connectivity index (χ4n) is 7.21. The number of fused-ring (bicyclic) bond motifs is 5. The number of aromatic nitrogens is 2. The molecule has 2 heterocycles. The predicted octanol–water partition coefficient (Wildman–Crippen LogP) is 11.6. The molecule has 266 valence electrons. The molecular weight excluding hydrogens is 657 g/mol. The van der Waals surface area contributed by atoms with Gasteiger partial charge in [-0.15, -0.1) is 0 Å². The molecule has 0 aliphatic rings. The van der Waals surface area contributed by atoms with E-state index >= 15 is 0 Å². The zero-order valence-electron chi connectivity index (χ0n) is 30.9. The Morgan fingerprint density at radius 1 is 0.623 bits per heavy atom. The van der Waals surface area contributed by atoms with Crippen LogP contribution in [-0.2, 0) is 19.6 Å². The van der Waals surface area contributed by atoms with Crippen LogP contribution in [0.4, 0.5) is 0 Å². The maximum absolute atomic E-state index is 6.50. The van der Waals surface area contributed by atoms with Gasteiger partial charge in [-0.3, -0.25) is 0 Å². The number of nitrogens with one attached hydrogen (secondary N) is 1. The second kappa shape index (κ2) is 14.1. The lowest BCUT2D eigenvalue weighted by atomic mass is 9.95. The monoisotopic (exact) mass is 700 g/mol. The lowest BCUT2D eigenvalue weighted by Crippen LogP contribution is -2.23. The lowest BCUT2D eigenvalue weighted by Gasteiger charge is -2.21. The van der Waals surface area contributed by atoms with Gasteiger partial charge in [0, 0.05) is 45.5 Å². The SMILES string of the molecule is COc1ccc(-c2cn(CCc3ccc(OCc4ccccc4)cc3)c3c(-c4ccc(OC)cc4)cc4[nH]c5c(OC(C)(C)C)cccc5c4c23)cc1. The van der Waals surface area contributed by atoms with E-state index in [1.54, 1.807) is 14.2 Å². The van der Waals surface area contributed by atoms with Crippen molar-refractivity contribution in [2.75, 3.05) is 14.2 Å². The average Bonchev–Trinajstić information content (AvgIpc) is 3.75. The largest absolute Gasteiger partial charge is 0.497 e. The Bertz CT molecular complexity index is 2510. The Balaban J connectivity index is 1.28. The van der Waals surface area contributed by atoms with Crippen LogP contribution in [0.1, 0.15) is 31.9 Å². The smallest absolute Gasteiger partial charge is 0.144 e. The molecule has 0 amide bonds. The Hall–Kier alpha value is -6.14. The molecule has 1 N–H and O–H groups in total. The number of aryl methyl sites for hydroxylation is 2. The fraction of sp³-hybridized carbons (Fsp3) is 0.191. The third kappa shape index (κ3) is 6.93. The molecule has 0 saturated carbocycles. The molecule has 0 aliphatic carbocycles. The summed E-state index contributed by atoms with van der Waals surface area (Å²) >= 11 is 0. The molecule has 53 heavy (non-hydrogen) atoms. The van der Waals surface area contributed by atoms with Crippen LogP contribution in [-0.4, -0.2) is 29.4 Å². The number of methoxy groups -OCH3 is 2. The Kier molecular flexibility index (Phi) is 9.05. The van der Waals surface area contributed by atoms with Gasteiger partial charge in [0.1, 0.15) is 35.2 Å². The molecule has 0 atom stereocenters. The van der Waals surface area contributed by atoms with Crippen LogP contribution in [0.2, 0.25) is 0 Å². The summed E-state index contributed by atoms with van der Waals surface area (Å²) in [5, 5.41) is 3.50. The van der Waals surface area contributed by atoms with Crippen LogP contribution < -0.4 is 18.9 Å². The number of para-hydroxylation sites is 1. The highest BCUT2D eigenvalue weighted by Crippen LogP contribution is 2.46. The Morgan fingerprint density at radius 3 is 1.91 bits per heavy atom. The van der Waals surface area contributed by atoms with Crippen molar-refractivity contribution >= 4 is 32.7 Å². The molecule has 0 bridgehead atoms. The summed E-state index contributed by atoms with van der Waals surface area (Å²) in [6.45, 7) is 7.58. The first kappa shape index (κ1) is 34.0. The Labute approximate surface area is 310 Å². The van der Waals surface area contributed by atoms with Crippen LogP contribution in [0.3, 0.4) is 0 Å². The van der Waals surface area contributed by atoms with Crippen LogP contribution in [0, 0.1) is 0 Å². The molecule has 0 spiro atoms. The number of ether oxygens (including phenoxy) is 4. The van der Waals surface area contributed by atoms with E-state index in [0.717, 1.165) is 80.2 Å². The summed E-state index contributed by atoms with van der Waals surface area (Å²) in [6.07, 6.45) is 3.17. The molecule has 6 nitrogen and oxygen atoms in total. The number of hydrogen-bond acceptors (Lipinski definition) is 4. The molecule has 6 aromatic carbocycles. The standard InChI is InChI=1S/C47H44N2O4/c1-47(2,3)53-42-13-9-12-38-43-41(48-45(38)42)28-39(33-16-22-35(50-4)23-17-33)46-44(43)40(34-18-24-36(51-5)25-19-34)29-49(46)27-26-31-14-20-37(21-15-31)52-30-32-10-7-6-8-11-32/h6-25,28-29,48H,26-27,30H2,1-5H3. The van der Waals surface area contributed by atoms with E-state index in [4.69, 9.17) is 18.9 Å². The van der Waals surface area contributed by atoms with Gasteiger partial charge in [-0.25, -0.2) is 0 Å². The van der Waals surface area contributed by atoms with Crippen molar-refractivity contribution in [3.8, 4) is 45.3 Å². The number of H-pyrrole nitrogens is 1. The third-order valence-electron chi connectivity index (χ3n) is 9.73. The Morgan fingerprint density at radius 2 is 1.26 bits per heavy atom. The highest BCUT2D eigenvalue weighted by molar-refractivity contribution is 6.27. The van der Waals surface area contributed by atoms with Gasteiger partial charge >= 0.3 is 0 Å². The van der Waals surface area contributed by atoms with Crippen molar-refractivity contribution in [3.05, 3.63) is 145 Å². The second-order valence-corrected chi connectivity index (χ2v) is 14.4. The number of aromatic amines is 1. The number of hydrogen-bond donors (Lipinski definition) is 1. The van der Waals surface area contributed by atoms with Crippen LogP contribution >= 0.6 is 0 Å². The highest BCUT2D eigenvalue weighted by atomic mass is 16.5. The molecule has 2 aromatic heterocycles. The molecule has 0 radical (unpaired) electrons. The zero-order valence-corrected chi connectivity index (χ0v) is 30.9. The first-order valence-electron chi connectivity index (χ1n) is 18.1. The normalized spacial score (nSPS) is 11.7. The number of benzene rings is 6. The minimum atomic E-state index is -0.348. The van der Waals surface area contributed by atoms with Gasteiger partial charge in [0.15, 0.2) is 0 Å². The number of nitrogens with zero attached hydrogens (tertiary/aromatic N) is 1. The second-order valence-electron chi connectivity index (χ2n) is 14.4. The van der Waals surface area contributed by atoms with Gasteiger partial charge in [-0.1, -0.05) is 78.9 Å². The van der Waals surface area contributed by atoms with E-state index in [1.165, 1.54) is 21.9 Å². The van der Waals surface area contributed by atoms with E-state index in [2.05, 4.69) is 121 Å². The van der Waals surface area contributed by atoms with Gasteiger partial charge < -0.3 is 28.5 Å². The summed E-state index contributed by atoms with van der Waals surface area (Å²) in [5.74, 6) is 3.36. The topological polar surface area (TPSA) is 57.6 Å². The maximum Gasteiger partial charge on any atom is 0.144 e. The van der Waals surface area contributed by atoms with E-state index in [0.29, 0.717) is 6.61 Å². The van der Waals surface area contributed by atoms with Crippen LogP contribution in [0.5, 0.6) is 23.0 Å². The molecule has 0 aliphatic heterocycles. The molecular formula is C47H44N2O4. The van der Waals surface area contributed by atoms with E-state index < -0.39 is 0 Å². The minimum Gasteiger partial charge on any atom is -0.497 e. The van der Waals surface area contributed by atoms with Gasteiger partial charge in [-0.05, 0) is 98.0 Å². The molecule has 8 rings (SSSR count). The first-order valence-corrected chi connectivity index (χ1v) is 18.1. The van der Waals surface area contributed by atoms with E-state index in [9.17, 15) is 0 Å². The molecule has 0 fully saturated rings. The number of rotatable bonds is 11. The summed E-state index contributed by atoms with van der Waals surface area (Å²) in [4.78, 5) is 3.79. The summed E-state index contributed by atoms with van der Waals surface area (Å²) in [7, 11) is 3.41. The van der Waals surface area contributed by atoms with Crippen molar-refractivity contribution in [1.82, 2.24) is 9.55 Å². The maximum atomic E-state index is 6.50. The zero-order chi connectivity index (χ0) is 36.5. The molecule has 0 unspecified atom stereocenters. The van der Waals surface area contributed by atoms with E-state index in [-0.39, 0.29) is 5.60 Å². The van der Waals surface area contributed by atoms with Gasteiger partial charge in [0.2, 0.25) is 0 Å². The molecule has 8 aromatic rings. The summed E-state index contributed by atoms with van der Waals surface area (Å²) in [5.41, 5.74) is 9.82. The van der Waals surface area contributed by atoms with Crippen molar-refractivity contribution in [2.24, 2.45) is 0 Å². The molecule has 6 heteroatoms. The minimum absolute atomic E-state index is 0.348. The van der Waals surface area contributed by atoms with Crippen molar-refractivity contribution in [2.45, 2.75) is 45.9 Å². The van der Waals surface area contributed by atoms with Crippen molar-refractivity contribution in [3.63, 3.8) is 0 Å². The molecule has 0 saturated heterocycles. The third-order valence-corrected chi connectivity index (χ3v) is 9.73.